The van der Waals surface area contributed by atoms with E-state index in [1.54, 1.807) is 0 Å². The topological polar surface area (TPSA) is 112 Å². The summed E-state index contributed by atoms with van der Waals surface area (Å²) in [4.78, 5) is 25.1. The van der Waals surface area contributed by atoms with Gasteiger partial charge in [-0.2, -0.15) is 0 Å². The van der Waals surface area contributed by atoms with E-state index in [-0.39, 0.29) is 39.5 Å². The van der Waals surface area contributed by atoms with Crippen molar-refractivity contribution < 1.29 is 49.8 Å². The van der Waals surface area contributed by atoms with Crippen LogP contribution in [-0.4, -0.2) is 34.7 Å². The molecule has 0 saturated carbocycles. The van der Waals surface area contributed by atoms with E-state index >= 15 is 0 Å². The fourth-order valence-corrected chi connectivity index (χ4v) is 0. The Hall–Kier alpha value is -0.941. The quantitative estimate of drug-likeness (QED) is 0.496. The average molecular weight is 330 g/mol. The van der Waals surface area contributed by atoms with Crippen LogP contribution in [0.1, 0.15) is 0 Å². The molecule has 0 spiro atoms. The maximum absolute atomic E-state index is 8.36. The second kappa shape index (κ2) is 94.7. The average Bonchev–Trinajstić information content (AvgIpc) is 1.70. The molecule has 1 radical (unpaired) electrons. The molecule has 7 heteroatoms. The predicted octanol–water partition coefficient (Wildman–Crippen LogP) is -0.900. The van der Waals surface area contributed by atoms with Crippen molar-refractivity contribution in [1.82, 2.24) is 0 Å². The summed E-state index contributed by atoms with van der Waals surface area (Å²) < 4.78 is 0. The Kier molecular flexibility index (Phi) is 218. The molecule has 63 valence electrons. The van der Waals surface area contributed by atoms with E-state index in [0.717, 1.165) is 0 Å². The van der Waals surface area contributed by atoms with Crippen molar-refractivity contribution in [2.75, 3.05) is 0 Å². The van der Waals surface area contributed by atoms with Crippen LogP contribution in [-0.2, 0) is 34.5 Å². The molecular weight excluding hydrogens is 324 g/mol. The Morgan fingerprint density at radius 2 is 0.700 bits per heavy atom. The monoisotopic (exact) mass is 331 g/mol. The van der Waals surface area contributed by atoms with Crippen LogP contribution >= 0.6 is 0 Å². The van der Waals surface area contributed by atoms with E-state index in [9.17, 15) is 0 Å². The molecule has 0 saturated heterocycles. The number of carboxylic acid groups (broad SMARTS) is 3. The van der Waals surface area contributed by atoms with Crippen molar-refractivity contribution in [3.8, 4) is 0 Å². The summed E-state index contributed by atoms with van der Waals surface area (Å²) in [5.74, 6) is 0. The summed E-state index contributed by atoms with van der Waals surface area (Å²) in [6.07, 6.45) is 0. The summed E-state index contributed by atoms with van der Waals surface area (Å²) in [5, 5.41) is 20.7. The number of carbonyl (C=O) groups is 3. The smallest absolute Gasteiger partial charge is 0.290 e. The molecule has 0 fully saturated rings. The molecule has 0 aliphatic carbocycles. The number of hydrogen-bond acceptors (Lipinski definition) is 3. The van der Waals surface area contributed by atoms with Gasteiger partial charge in [0.2, 0.25) is 0 Å². The van der Waals surface area contributed by atoms with Gasteiger partial charge in [0.05, 0.1) is 0 Å². The zero-order valence-electron chi connectivity index (χ0n) is 4.63. The maximum atomic E-state index is 8.36. The molecule has 0 bridgehead atoms. The summed E-state index contributed by atoms with van der Waals surface area (Å²) in [7, 11) is 0. The minimum atomic E-state index is -0.250. The molecule has 3 N–H and O–H groups in total. The van der Waals surface area contributed by atoms with Gasteiger partial charge < -0.3 is 15.3 Å². The molecule has 6 nitrogen and oxygen atoms in total. The molecule has 0 rings (SSSR count). The summed E-state index contributed by atoms with van der Waals surface area (Å²) in [5.41, 5.74) is 0. The molecule has 0 amide bonds. The molecule has 0 aliphatic rings. The van der Waals surface area contributed by atoms with Gasteiger partial charge in [-0.15, -0.1) is 0 Å². The largest absolute Gasteiger partial charge is 0.483 e. The first-order valence-corrected chi connectivity index (χ1v) is 1.48. The maximum Gasteiger partial charge on any atom is 0.290 e. The molecule has 0 atom stereocenters. The number of rotatable bonds is 0. The van der Waals surface area contributed by atoms with Crippen LogP contribution in [0.25, 0.3) is 0 Å². The van der Waals surface area contributed by atoms with Gasteiger partial charge in [-0.3, -0.25) is 14.4 Å². The zero-order valence-corrected chi connectivity index (χ0v) is 7.03. The van der Waals surface area contributed by atoms with Crippen molar-refractivity contribution in [2.45, 2.75) is 0 Å². The molecule has 0 heterocycles. The minimum Gasteiger partial charge on any atom is -0.483 e. The minimum absolute atomic E-state index is 0. The van der Waals surface area contributed by atoms with Gasteiger partial charge in [0.25, 0.3) is 19.4 Å². The van der Waals surface area contributed by atoms with Gasteiger partial charge in [0.1, 0.15) is 0 Å². The fourth-order valence-electron chi connectivity index (χ4n) is 0. The van der Waals surface area contributed by atoms with Crippen molar-refractivity contribution >= 4 is 19.4 Å². The molecule has 0 aromatic carbocycles. The SMILES string of the molecule is O=CO.O=CO.O=CO.[Ir]. The normalized spacial score (nSPS) is 3.60. The summed E-state index contributed by atoms with van der Waals surface area (Å²) in [6, 6.07) is 0. The van der Waals surface area contributed by atoms with E-state index in [2.05, 4.69) is 0 Å². The second-order valence-electron chi connectivity index (χ2n) is 0.316. The Bertz CT molecular complexity index is 49.7. The van der Waals surface area contributed by atoms with Crippen LogP contribution in [0.3, 0.4) is 0 Å². The summed E-state index contributed by atoms with van der Waals surface area (Å²) >= 11 is 0. The molecule has 10 heavy (non-hydrogen) atoms. The van der Waals surface area contributed by atoms with Crippen LogP contribution in [0.15, 0.2) is 0 Å². The van der Waals surface area contributed by atoms with Gasteiger partial charge in [0, 0.05) is 20.1 Å². The van der Waals surface area contributed by atoms with Gasteiger partial charge >= 0.3 is 0 Å². The Morgan fingerprint density at radius 1 is 0.700 bits per heavy atom. The van der Waals surface area contributed by atoms with E-state index in [1.807, 2.05) is 0 Å². The van der Waals surface area contributed by atoms with Crippen molar-refractivity contribution in [3.63, 3.8) is 0 Å². The second-order valence-corrected chi connectivity index (χ2v) is 0.316. The van der Waals surface area contributed by atoms with Gasteiger partial charge in [0.15, 0.2) is 0 Å². The van der Waals surface area contributed by atoms with Crippen molar-refractivity contribution in [2.24, 2.45) is 0 Å². The summed E-state index contributed by atoms with van der Waals surface area (Å²) in [6.45, 7) is -0.750. The Morgan fingerprint density at radius 3 is 0.700 bits per heavy atom. The Labute approximate surface area is 69.8 Å². The molecule has 0 aliphatic heterocycles. The van der Waals surface area contributed by atoms with Gasteiger partial charge in [-0.1, -0.05) is 0 Å². The predicted molar refractivity (Wildman–Crippen MR) is 26.1 cm³/mol. The first-order valence-electron chi connectivity index (χ1n) is 1.48. The number of hydrogen-bond donors (Lipinski definition) is 3. The first kappa shape index (κ1) is 23.0. The van der Waals surface area contributed by atoms with Crippen LogP contribution in [0.5, 0.6) is 0 Å². The van der Waals surface area contributed by atoms with Crippen molar-refractivity contribution in [3.05, 3.63) is 0 Å². The Balaban J connectivity index is -0.0000000257. The van der Waals surface area contributed by atoms with E-state index in [4.69, 9.17) is 29.7 Å². The van der Waals surface area contributed by atoms with Crippen LogP contribution in [0.2, 0.25) is 0 Å². The third-order valence-corrected chi connectivity index (χ3v) is 0. The van der Waals surface area contributed by atoms with E-state index in [0.29, 0.717) is 0 Å². The fraction of sp³-hybridized carbons (Fsp3) is 0. The zero-order chi connectivity index (χ0) is 8.12. The van der Waals surface area contributed by atoms with E-state index < -0.39 is 0 Å². The molecule has 0 unspecified atom stereocenters. The molecule has 0 aromatic rings. The molecule has 0 aromatic heterocycles. The van der Waals surface area contributed by atoms with Crippen LogP contribution in [0.4, 0.5) is 0 Å². The molecular formula is C3H6IrO6. The van der Waals surface area contributed by atoms with Gasteiger partial charge in [-0.25, -0.2) is 0 Å². The van der Waals surface area contributed by atoms with Crippen LogP contribution in [0, 0.1) is 0 Å². The standard InChI is InChI=1S/3CH2O2.Ir/c3*2-1-3;/h3*1H,(H,2,3);. The van der Waals surface area contributed by atoms with E-state index in [1.165, 1.54) is 0 Å². The van der Waals surface area contributed by atoms with Crippen molar-refractivity contribution in [1.29, 1.82) is 0 Å². The van der Waals surface area contributed by atoms with Crippen LogP contribution < -0.4 is 0 Å². The third kappa shape index (κ3) is 293. The van der Waals surface area contributed by atoms with Gasteiger partial charge in [-0.05, 0) is 0 Å². The third-order valence-electron chi connectivity index (χ3n) is 0. The first-order chi connectivity index (χ1) is 4.24.